The molecule has 1 aromatic heterocycles. The summed E-state index contributed by atoms with van der Waals surface area (Å²) in [4.78, 5) is 4.27. The minimum atomic E-state index is -0.0352. The largest absolute Gasteiger partial charge is 0.489 e. The van der Waals surface area contributed by atoms with E-state index in [2.05, 4.69) is 30.2 Å². The number of aryl methyl sites for hydroxylation is 1. The van der Waals surface area contributed by atoms with Crippen LogP contribution in [0.4, 0.5) is 0 Å². The predicted molar refractivity (Wildman–Crippen MR) is 86.9 cm³/mol. The maximum Gasteiger partial charge on any atom is 0.121 e. The number of ether oxygens (including phenoxy) is 1. The number of aromatic nitrogens is 1. The predicted octanol–water partition coefficient (Wildman–Crippen LogP) is 4.16. The molecule has 0 aliphatic carbocycles. The Morgan fingerprint density at radius 3 is 2.76 bits per heavy atom. The van der Waals surface area contributed by atoms with Gasteiger partial charge in [0.05, 0.1) is 6.04 Å². The molecule has 1 N–H and O–H groups in total. The van der Waals surface area contributed by atoms with Gasteiger partial charge >= 0.3 is 0 Å². The fraction of sp³-hybridized carbons (Fsp3) is 0.353. The molecule has 0 amide bonds. The van der Waals surface area contributed by atoms with Gasteiger partial charge in [-0.1, -0.05) is 30.7 Å². The molecule has 0 saturated heterocycles. The van der Waals surface area contributed by atoms with E-state index in [0.29, 0.717) is 5.02 Å². The van der Waals surface area contributed by atoms with Crippen LogP contribution in [0.1, 0.15) is 31.0 Å². The number of likely N-dealkylation sites (N-methyl/N-ethyl adjacent to an activating group) is 1. The van der Waals surface area contributed by atoms with Crippen LogP contribution in [-0.2, 0) is 0 Å². The molecule has 0 saturated carbocycles. The fourth-order valence-corrected chi connectivity index (χ4v) is 2.53. The molecule has 0 aliphatic heterocycles. The average molecular weight is 305 g/mol. The standard InChI is InChI=1S/C17H21ClN2O/c1-4-20-17(14-8-12(2)10-19-11-14)13(3)21-16-7-5-6-15(18)9-16/h5-11,13,17,20H,4H2,1-3H3. The molecular formula is C17H21ClN2O. The lowest BCUT2D eigenvalue weighted by Crippen LogP contribution is -2.34. The maximum atomic E-state index is 6.03. The van der Waals surface area contributed by atoms with Crippen molar-refractivity contribution in [3.63, 3.8) is 0 Å². The number of benzene rings is 1. The number of halogens is 1. The highest BCUT2D eigenvalue weighted by atomic mass is 35.5. The molecule has 0 radical (unpaired) electrons. The molecule has 0 fully saturated rings. The summed E-state index contributed by atoms with van der Waals surface area (Å²) >= 11 is 6.00. The first-order chi connectivity index (χ1) is 10.1. The van der Waals surface area contributed by atoms with Gasteiger partial charge in [0.2, 0.25) is 0 Å². The third kappa shape index (κ3) is 4.45. The van der Waals surface area contributed by atoms with E-state index in [1.165, 1.54) is 0 Å². The van der Waals surface area contributed by atoms with Crippen molar-refractivity contribution < 1.29 is 4.74 Å². The minimum absolute atomic E-state index is 0.0352. The normalized spacial score (nSPS) is 13.7. The second-order valence-electron chi connectivity index (χ2n) is 5.11. The molecule has 1 aromatic carbocycles. The average Bonchev–Trinajstić information content (AvgIpc) is 2.44. The van der Waals surface area contributed by atoms with Crippen LogP contribution in [-0.4, -0.2) is 17.6 Å². The Labute approximate surface area is 131 Å². The van der Waals surface area contributed by atoms with E-state index < -0.39 is 0 Å². The van der Waals surface area contributed by atoms with E-state index in [4.69, 9.17) is 16.3 Å². The third-order valence-electron chi connectivity index (χ3n) is 3.27. The zero-order valence-electron chi connectivity index (χ0n) is 12.6. The summed E-state index contributed by atoms with van der Waals surface area (Å²) in [5.74, 6) is 0.776. The van der Waals surface area contributed by atoms with E-state index in [1.807, 2.05) is 43.6 Å². The van der Waals surface area contributed by atoms with Crippen LogP contribution in [0.15, 0.2) is 42.7 Å². The first-order valence-electron chi connectivity index (χ1n) is 7.17. The third-order valence-corrected chi connectivity index (χ3v) is 3.50. The van der Waals surface area contributed by atoms with Gasteiger partial charge in [-0.15, -0.1) is 0 Å². The molecule has 4 heteroatoms. The number of hydrogen-bond acceptors (Lipinski definition) is 3. The number of rotatable bonds is 6. The molecule has 1 heterocycles. The van der Waals surface area contributed by atoms with Crippen molar-refractivity contribution in [2.24, 2.45) is 0 Å². The second kappa shape index (κ2) is 7.43. The van der Waals surface area contributed by atoms with E-state index in [0.717, 1.165) is 23.4 Å². The van der Waals surface area contributed by atoms with Gasteiger partial charge in [0.15, 0.2) is 0 Å². The fourth-order valence-electron chi connectivity index (χ4n) is 2.35. The maximum absolute atomic E-state index is 6.03. The van der Waals surface area contributed by atoms with Crippen molar-refractivity contribution in [3.8, 4) is 5.75 Å². The monoisotopic (exact) mass is 304 g/mol. The molecule has 21 heavy (non-hydrogen) atoms. The smallest absolute Gasteiger partial charge is 0.121 e. The lowest BCUT2D eigenvalue weighted by atomic mass is 10.0. The van der Waals surface area contributed by atoms with Gasteiger partial charge < -0.3 is 10.1 Å². The summed E-state index contributed by atoms with van der Waals surface area (Å²) in [6, 6.07) is 9.70. The Balaban J connectivity index is 2.17. The highest BCUT2D eigenvalue weighted by Gasteiger charge is 2.20. The van der Waals surface area contributed by atoms with Gasteiger partial charge in [-0.2, -0.15) is 0 Å². The van der Waals surface area contributed by atoms with Gasteiger partial charge in [-0.25, -0.2) is 0 Å². The molecule has 3 nitrogen and oxygen atoms in total. The Morgan fingerprint density at radius 1 is 1.29 bits per heavy atom. The second-order valence-corrected chi connectivity index (χ2v) is 5.55. The number of pyridine rings is 1. The molecule has 0 bridgehead atoms. The van der Waals surface area contributed by atoms with E-state index in [1.54, 1.807) is 0 Å². The van der Waals surface area contributed by atoms with Crippen molar-refractivity contribution >= 4 is 11.6 Å². The zero-order chi connectivity index (χ0) is 15.2. The van der Waals surface area contributed by atoms with Gasteiger partial charge in [0, 0.05) is 17.4 Å². The summed E-state index contributed by atoms with van der Waals surface area (Å²) in [6.07, 6.45) is 3.71. The van der Waals surface area contributed by atoms with Gasteiger partial charge in [0.25, 0.3) is 0 Å². The Kier molecular flexibility index (Phi) is 5.59. The van der Waals surface area contributed by atoms with Crippen molar-refractivity contribution in [1.29, 1.82) is 0 Å². The highest BCUT2D eigenvalue weighted by molar-refractivity contribution is 6.30. The zero-order valence-corrected chi connectivity index (χ0v) is 13.4. The molecule has 2 aromatic rings. The number of hydrogen-bond donors (Lipinski definition) is 1. The van der Waals surface area contributed by atoms with Crippen molar-refractivity contribution in [2.45, 2.75) is 32.9 Å². The van der Waals surface area contributed by atoms with E-state index >= 15 is 0 Å². The lowest BCUT2D eigenvalue weighted by molar-refractivity contribution is 0.171. The Morgan fingerprint density at radius 2 is 2.10 bits per heavy atom. The number of nitrogens with zero attached hydrogens (tertiary/aromatic N) is 1. The summed E-state index contributed by atoms with van der Waals surface area (Å²) in [5.41, 5.74) is 2.27. The summed E-state index contributed by atoms with van der Waals surface area (Å²) in [5, 5.41) is 4.14. The minimum Gasteiger partial charge on any atom is -0.489 e. The molecule has 2 atom stereocenters. The lowest BCUT2D eigenvalue weighted by Gasteiger charge is -2.26. The van der Waals surface area contributed by atoms with Crippen molar-refractivity contribution in [3.05, 3.63) is 58.9 Å². The molecule has 2 unspecified atom stereocenters. The first kappa shape index (κ1) is 15.8. The summed E-state index contributed by atoms with van der Waals surface area (Å²) in [6.45, 7) is 7.04. The molecular weight excluding hydrogens is 284 g/mol. The first-order valence-corrected chi connectivity index (χ1v) is 7.55. The van der Waals surface area contributed by atoms with Crippen LogP contribution < -0.4 is 10.1 Å². The topological polar surface area (TPSA) is 34.2 Å². The Hall–Kier alpha value is -1.58. The quantitative estimate of drug-likeness (QED) is 0.870. The number of nitrogens with one attached hydrogen (secondary N) is 1. The van der Waals surface area contributed by atoms with Crippen LogP contribution in [0, 0.1) is 6.92 Å². The highest BCUT2D eigenvalue weighted by Crippen LogP contribution is 2.24. The molecule has 112 valence electrons. The van der Waals surface area contributed by atoms with Crippen LogP contribution in [0.5, 0.6) is 5.75 Å². The van der Waals surface area contributed by atoms with Gasteiger partial charge in [0.1, 0.15) is 11.9 Å². The molecule has 2 rings (SSSR count). The SMILES string of the molecule is CCNC(c1cncc(C)c1)C(C)Oc1cccc(Cl)c1. The summed E-state index contributed by atoms with van der Waals surface area (Å²) < 4.78 is 6.03. The van der Waals surface area contributed by atoms with Crippen LogP contribution in [0.2, 0.25) is 5.02 Å². The Bertz CT molecular complexity index is 589. The van der Waals surface area contributed by atoms with E-state index in [-0.39, 0.29) is 12.1 Å². The van der Waals surface area contributed by atoms with Crippen LogP contribution in [0.3, 0.4) is 0 Å². The molecule has 0 spiro atoms. The summed E-state index contributed by atoms with van der Waals surface area (Å²) in [7, 11) is 0. The molecule has 0 aliphatic rings. The van der Waals surface area contributed by atoms with Gasteiger partial charge in [-0.3, -0.25) is 4.98 Å². The van der Waals surface area contributed by atoms with Crippen molar-refractivity contribution in [2.75, 3.05) is 6.54 Å². The van der Waals surface area contributed by atoms with Gasteiger partial charge in [-0.05, 0) is 49.7 Å². The van der Waals surface area contributed by atoms with E-state index in [9.17, 15) is 0 Å². The van der Waals surface area contributed by atoms with Crippen LogP contribution >= 0.6 is 11.6 Å². The van der Waals surface area contributed by atoms with Crippen molar-refractivity contribution in [1.82, 2.24) is 10.3 Å². The van der Waals surface area contributed by atoms with Crippen LogP contribution in [0.25, 0.3) is 0 Å².